The number of ether oxygens (including phenoxy) is 1. The Kier molecular flexibility index (Phi) is 6.72. The summed E-state index contributed by atoms with van der Waals surface area (Å²) in [6.07, 6.45) is 1.56. The van der Waals surface area contributed by atoms with E-state index in [9.17, 15) is 8.42 Å². The summed E-state index contributed by atoms with van der Waals surface area (Å²) < 4.78 is 31.6. The van der Waals surface area contributed by atoms with Crippen LogP contribution in [0, 0.1) is 11.3 Å². The van der Waals surface area contributed by atoms with Gasteiger partial charge >= 0.3 is 0 Å². The van der Waals surface area contributed by atoms with Crippen molar-refractivity contribution >= 4 is 10.0 Å². The lowest BCUT2D eigenvalue weighted by Crippen LogP contribution is -2.45. The second-order valence-electron chi connectivity index (χ2n) is 5.06. The average Bonchev–Trinajstić information content (AvgIpc) is 2.31. The van der Waals surface area contributed by atoms with Gasteiger partial charge in [-0.1, -0.05) is 0 Å². The third kappa shape index (κ3) is 6.87. The monoisotopic (exact) mass is 289 g/mol. The van der Waals surface area contributed by atoms with E-state index < -0.39 is 10.0 Å². The summed E-state index contributed by atoms with van der Waals surface area (Å²) in [6, 6.07) is 2.09. The zero-order chi connectivity index (χ0) is 14.3. The predicted octanol–water partition coefficient (Wildman–Crippen LogP) is 0.319. The summed E-state index contributed by atoms with van der Waals surface area (Å²) in [5, 5.41) is 8.60. The lowest BCUT2D eigenvalue weighted by Gasteiger charge is -2.30. The first-order valence-electron chi connectivity index (χ1n) is 6.64. The number of nitrogens with zero attached hydrogens (tertiary/aromatic N) is 2. The number of hydrogen-bond donors (Lipinski definition) is 1. The molecule has 1 N–H and O–H groups in total. The topological polar surface area (TPSA) is 82.4 Å². The molecule has 1 rings (SSSR count). The highest BCUT2D eigenvalue weighted by Gasteiger charge is 2.23. The number of piperidine rings is 1. The standard InChI is InChI=1S/C12H23N3O3S/c1-11(2)18-9-10-19(16,17)14-12-3-6-15(7-4-12)8-5-13/h11-12,14H,3-4,6-10H2,1-2H3. The first-order chi connectivity index (χ1) is 8.93. The summed E-state index contributed by atoms with van der Waals surface area (Å²) >= 11 is 0. The van der Waals surface area contributed by atoms with E-state index in [1.54, 1.807) is 0 Å². The molecule has 1 aliphatic heterocycles. The number of sulfonamides is 1. The van der Waals surface area contributed by atoms with Crippen molar-refractivity contribution < 1.29 is 13.2 Å². The molecule has 19 heavy (non-hydrogen) atoms. The van der Waals surface area contributed by atoms with Crippen molar-refractivity contribution in [2.75, 3.05) is 32.0 Å². The summed E-state index contributed by atoms with van der Waals surface area (Å²) in [4.78, 5) is 2.03. The van der Waals surface area contributed by atoms with Crippen LogP contribution in [-0.4, -0.2) is 57.5 Å². The first kappa shape index (κ1) is 16.4. The quantitative estimate of drug-likeness (QED) is 0.682. The zero-order valence-corrected chi connectivity index (χ0v) is 12.4. The van der Waals surface area contributed by atoms with Crippen molar-refractivity contribution in [1.29, 1.82) is 5.26 Å². The van der Waals surface area contributed by atoms with E-state index in [-0.39, 0.29) is 24.5 Å². The molecule has 0 aromatic heterocycles. The normalized spacial score (nSPS) is 18.6. The second-order valence-corrected chi connectivity index (χ2v) is 6.94. The molecule has 0 unspecified atom stereocenters. The van der Waals surface area contributed by atoms with Crippen molar-refractivity contribution in [3.63, 3.8) is 0 Å². The Hall–Kier alpha value is -0.680. The fourth-order valence-corrected chi connectivity index (χ4v) is 3.19. The van der Waals surface area contributed by atoms with Gasteiger partial charge in [-0.2, -0.15) is 5.26 Å². The Balaban J connectivity index is 2.29. The van der Waals surface area contributed by atoms with Gasteiger partial charge in [0.2, 0.25) is 10.0 Å². The fraction of sp³-hybridized carbons (Fsp3) is 0.917. The van der Waals surface area contributed by atoms with E-state index in [0.29, 0.717) is 6.54 Å². The number of rotatable bonds is 7. The Labute approximate surface area is 115 Å². The summed E-state index contributed by atoms with van der Waals surface area (Å²) in [6.45, 7) is 5.93. The predicted molar refractivity (Wildman–Crippen MR) is 73.1 cm³/mol. The van der Waals surface area contributed by atoms with E-state index in [4.69, 9.17) is 10.00 Å². The van der Waals surface area contributed by atoms with Gasteiger partial charge in [0.15, 0.2) is 0 Å². The van der Waals surface area contributed by atoms with Crippen molar-refractivity contribution in [2.24, 2.45) is 0 Å². The molecule has 0 spiro atoms. The minimum atomic E-state index is -3.27. The minimum absolute atomic E-state index is 0.00356. The molecular formula is C12H23N3O3S. The molecule has 6 nitrogen and oxygen atoms in total. The molecule has 0 aliphatic carbocycles. The van der Waals surface area contributed by atoms with Crippen LogP contribution in [0.3, 0.4) is 0 Å². The summed E-state index contributed by atoms with van der Waals surface area (Å²) in [5.41, 5.74) is 0. The number of likely N-dealkylation sites (tertiary alicyclic amines) is 1. The van der Waals surface area contributed by atoms with Crippen LogP contribution in [0.25, 0.3) is 0 Å². The highest BCUT2D eigenvalue weighted by molar-refractivity contribution is 7.89. The van der Waals surface area contributed by atoms with Crippen LogP contribution in [0.15, 0.2) is 0 Å². The van der Waals surface area contributed by atoms with Crippen LogP contribution in [0.2, 0.25) is 0 Å². The first-order valence-corrected chi connectivity index (χ1v) is 8.29. The van der Waals surface area contributed by atoms with Gasteiger partial charge in [-0.3, -0.25) is 4.90 Å². The van der Waals surface area contributed by atoms with Crippen molar-refractivity contribution in [3.05, 3.63) is 0 Å². The van der Waals surface area contributed by atoms with E-state index >= 15 is 0 Å². The molecule has 1 fully saturated rings. The Morgan fingerprint density at radius 3 is 2.58 bits per heavy atom. The molecule has 110 valence electrons. The third-order valence-corrected chi connectivity index (χ3v) is 4.43. The van der Waals surface area contributed by atoms with Crippen molar-refractivity contribution in [1.82, 2.24) is 9.62 Å². The zero-order valence-electron chi connectivity index (χ0n) is 11.6. The number of nitriles is 1. The second kappa shape index (κ2) is 7.80. The third-order valence-electron chi connectivity index (χ3n) is 3.03. The van der Waals surface area contributed by atoms with E-state index in [1.807, 2.05) is 18.7 Å². The Bertz CT molecular complexity index is 395. The van der Waals surface area contributed by atoms with Crippen LogP contribution in [0.4, 0.5) is 0 Å². The lowest BCUT2D eigenvalue weighted by atomic mass is 10.1. The van der Waals surface area contributed by atoms with Gasteiger partial charge < -0.3 is 4.74 Å². The highest BCUT2D eigenvalue weighted by atomic mass is 32.2. The smallest absolute Gasteiger partial charge is 0.214 e. The minimum Gasteiger partial charge on any atom is -0.378 e. The molecular weight excluding hydrogens is 266 g/mol. The molecule has 0 radical (unpaired) electrons. The fourth-order valence-electron chi connectivity index (χ4n) is 2.02. The van der Waals surface area contributed by atoms with E-state index in [0.717, 1.165) is 25.9 Å². The number of hydrogen-bond acceptors (Lipinski definition) is 5. The van der Waals surface area contributed by atoms with Gasteiger partial charge in [0, 0.05) is 19.1 Å². The average molecular weight is 289 g/mol. The molecule has 0 amide bonds. The molecule has 1 aliphatic rings. The Morgan fingerprint density at radius 2 is 2.05 bits per heavy atom. The molecule has 0 aromatic carbocycles. The summed E-state index contributed by atoms with van der Waals surface area (Å²) in [7, 11) is -3.27. The van der Waals surface area contributed by atoms with Gasteiger partial charge in [-0.05, 0) is 26.7 Å². The van der Waals surface area contributed by atoms with E-state index in [1.165, 1.54) is 0 Å². The van der Waals surface area contributed by atoms with Crippen molar-refractivity contribution in [2.45, 2.75) is 38.8 Å². The highest BCUT2D eigenvalue weighted by Crippen LogP contribution is 2.10. The van der Waals surface area contributed by atoms with Gasteiger partial charge in [-0.15, -0.1) is 0 Å². The van der Waals surface area contributed by atoms with Gasteiger partial charge in [0.1, 0.15) is 0 Å². The summed E-state index contributed by atoms with van der Waals surface area (Å²) in [5.74, 6) is 0.00356. The maximum atomic E-state index is 11.8. The van der Waals surface area contributed by atoms with Crippen LogP contribution in [-0.2, 0) is 14.8 Å². The maximum absolute atomic E-state index is 11.8. The van der Waals surface area contributed by atoms with Gasteiger partial charge in [-0.25, -0.2) is 13.1 Å². The van der Waals surface area contributed by atoms with Gasteiger partial charge in [0.05, 0.1) is 31.1 Å². The van der Waals surface area contributed by atoms with Crippen LogP contribution in [0.1, 0.15) is 26.7 Å². The number of nitrogens with one attached hydrogen (secondary N) is 1. The molecule has 0 saturated carbocycles. The largest absolute Gasteiger partial charge is 0.378 e. The van der Waals surface area contributed by atoms with E-state index in [2.05, 4.69) is 10.8 Å². The molecule has 1 saturated heterocycles. The van der Waals surface area contributed by atoms with Crippen LogP contribution >= 0.6 is 0 Å². The Morgan fingerprint density at radius 1 is 1.42 bits per heavy atom. The SMILES string of the molecule is CC(C)OCCS(=O)(=O)NC1CCN(CC#N)CC1. The van der Waals surface area contributed by atoms with Crippen LogP contribution < -0.4 is 4.72 Å². The molecule has 1 heterocycles. The molecule has 0 aromatic rings. The molecule has 7 heteroatoms. The maximum Gasteiger partial charge on any atom is 0.214 e. The van der Waals surface area contributed by atoms with Gasteiger partial charge in [0.25, 0.3) is 0 Å². The molecule has 0 bridgehead atoms. The van der Waals surface area contributed by atoms with Crippen LogP contribution in [0.5, 0.6) is 0 Å². The molecule has 0 atom stereocenters. The van der Waals surface area contributed by atoms with Crippen molar-refractivity contribution in [3.8, 4) is 6.07 Å². The lowest BCUT2D eigenvalue weighted by molar-refractivity contribution is 0.0910.